The molecule has 1 aliphatic carbocycles. The maximum absolute atomic E-state index is 10.9. The number of nitrogens with zero attached hydrogens (tertiary/aromatic N) is 2. The van der Waals surface area contributed by atoms with Gasteiger partial charge in [0.25, 0.3) is 0 Å². The molecule has 112 valence electrons. The van der Waals surface area contributed by atoms with Crippen molar-refractivity contribution < 1.29 is 5.11 Å². The molecule has 1 N–H and O–H groups in total. The first kappa shape index (κ1) is 14.3. The first-order valence-electron chi connectivity index (χ1n) is 7.97. The van der Waals surface area contributed by atoms with E-state index >= 15 is 0 Å². The molecule has 3 heteroatoms. The van der Waals surface area contributed by atoms with E-state index in [2.05, 4.69) is 48.0 Å². The Bertz CT molecular complexity index is 588. The molecular formula is C18H24N2O. The van der Waals surface area contributed by atoms with Gasteiger partial charge in [-0.15, -0.1) is 0 Å². The Morgan fingerprint density at radius 1 is 1.14 bits per heavy atom. The number of hydrogen-bond donors (Lipinski definition) is 1. The maximum atomic E-state index is 10.9. The van der Waals surface area contributed by atoms with Crippen molar-refractivity contribution in [2.45, 2.75) is 57.6 Å². The SMILES string of the molecule is CCC(CC)n1ccc(CC2(O)Cc3ccccc3C2)n1. The fourth-order valence-electron chi connectivity index (χ4n) is 3.47. The lowest BCUT2D eigenvalue weighted by Gasteiger charge is -2.21. The van der Waals surface area contributed by atoms with E-state index in [9.17, 15) is 5.11 Å². The zero-order valence-electron chi connectivity index (χ0n) is 12.9. The van der Waals surface area contributed by atoms with Gasteiger partial charge in [0.15, 0.2) is 0 Å². The Balaban J connectivity index is 1.73. The molecule has 1 heterocycles. The summed E-state index contributed by atoms with van der Waals surface area (Å²) < 4.78 is 2.06. The molecule has 1 aromatic carbocycles. The Labute approximate surface area is 126 Å². The molecule has 0 aliphatic heterocycles. The molecule has 2 aromatic rings. The topological polar surface area (TPSA) is 38.0 Å². The molecule has 0 bridgehead atoms. The van der Waals surface area contributed by atoms with Gasteiger partial charge >= 0.3 is 0 Å². The summed E-state index contributed by atoms with van der Waals surface area (Å²) in [7, 11) is 0. The van der Waals surface area contributed by atoms with Crippen molar-refractivity contribution in [3.05, 3.63) is 53.3 Å². The smallest absolute Gasteiger partial charge is 0.0784 e. The molecule has 21 heavy (non-hydrogen) atoms. The minimum atomic E-state index is -0.670. The van der Waals surface area contributed by atoms with Gasteiger partial charge in [0.05, 0.1) is 17.3 Å². The molecule has 0 amide bonds. The molecule has 0 atom stereocenters. The molecular weight excluding hydrogens is 260 g/mol. The lowest BCUT2D eigenvalue weighted by molar-refractivity contribution is 0.0506. The summed E-state index contributed by atoms with van der Waals surface area (Å²) in [5, 5.41) is 15.6. The highest BCUT2D eigenvalue weighted by atomic mass is 16.3. The average Bonchev–Trinajstić information content (AvgIpc) is 3.03. The van der Waals surface area contributed by atoms with E-state index in [0.29, 0.717) is 12.5 Å². The maximum Gasteiger partial charge on any atom is 0.0784 e. The van der Waals surface area contributed by atoms with Crippen molar-refractivity contribution >= 4 is 0 Å². The second-order valence-corrected chi connectivity index (χ2v) is 6.28. The molecule has 0 saturated heterocycles. The van der Waals surface area contributed by atoms with E-state index in [4.69, 9.17) is 0 Å². The van der Waals surface area contributed by atoms with E-state index in [0.717, 1.165) is 31.4 Å². The summed E-state index contributed by atoms with van der Waals surface area (Å²) in [6, 6.07) is 10.9. The molecule has 0 radical (unpaired) electrons. The van der Waals surface area contributed by atoms with Crippen LogP contribution in [-0.4, -0.2) is 20.5 Å². The molecule has 0 unspecified atom stereocenters. The van der Waals surface area contributed by atoms with Gasteiger partial charge in [-0.25, -0.2) is 0 Å². The quantitative estimate of drug-likeness (QED) is 0.914. The van der Waals surface area contributed by atoms with Crippen LogP contribution in [0.25, 0.3) is 0 Å². The van der Waals surface area contributed by atoms with Crippen molar-refractivity contribution in [1.82, 2.24) is 9.78 Å². The normalized spacial score (nSPS) is 16.4. The Morgan fingerprint density at radius 2 is 1.76 bits per heavy atom. The third-order valence-electron chi connectivity index (χ3n) is 4.65. The zero-order valence-corrected chi connectivity index (χ0v) is 12.9. The number of benzene rings is 1. The van der Waals surface area contributed by atoms with Gasteiger partial charge in [-0.3, -0.25) is 4.68 Å². The van der Waals surface area contributed by atoms with Crippen molar-refractivity contribution in [2.24, 2.45) is 0 Å². The lowest BCUT2D eigenvalue weighted by atomic mass is 9.94. The Hall–Kier alpha value is -1.61. The number of rotatable bonds is 5. The Kier molecular flexibility index (Phi) is 3.85. The van der Waals surface area contributed by atoms with Crippen LogP contribution in [0, 0.1) is 0 Å². The minimum Gasteiger partial charge on any atom is -0.389 e. The summed E-state index contributed by atoms with van der Waals surface area (Å²) in [5.41, 5.74) is 2.88. The summed E-state index contributed by atoms with van der Waals surface area (Å²) in [4.78, 5) is 0. The van der Waals surface area contributed by atoms with Gasteiger partial charge < -0.3 is 5.11 Å². The van der Waals surface area contributed by atoms with Crippen LogP contribution in [0.3, 0.4) is 0 Å². The molecule has 1 aromatic heterocycles. The van der Waals surface area contributed by atoms with Gasteiger partial charge in [-0.2, -0.15) is 5.10 Å². The number of aliphatic hydroxyl groups is 1. The van der Waals surface area contributed by atoms with Gasteiger partial charge in [0.1, 0.15) is 0 Å². The predicted molar refractivity (Wildman–Crippen MR) is 84.3 cm³/mol. The van der Waals surface area contributed by atoms with E-state index in [-0.39, 0.29) is 0 Å². The largest absolute Gasteiger partial charge is 0.389 e. The van der Waals surface area contributed by atoms with Crippen molar-refractivity contribution in [3.63, 3.8) is 0 Å². The van der Waals surface area contributed by atoms with E-state index in [1.165, 1.54) is 11.1 Å². The second kappa shape index (κ2) is 5.64. The van der Waals surface area contributed by atoms with Crippen LogP contribution in [0.1, 0.15) is 49.6 Å². The predicted octanol–water partition coefficient (Wildman–Crippen LogP) is 3.32. The van der Waals surface area contributed by atoms with Gasteiger partial charge in [0.2, 0.25) is 0 Å². The highest BCUT2D eigenvalue weighted by Crippen LogP contribution is 2.32. The summed E-state index contributed by atoms with van der Waals surface area (Å²) in [5.74, 6) is 0. The van der Waals surface area contributed by atoms with E-state index in [1.807, 2.05) is 12.1 Å². The molecule has 3 nitrogen and oxygen atoms in total. The molecule has 0 saturated carbocycles. The summed E-state index contributed by atoms with van der Waals surface area (Å²) in [6.07, 6.45) is 6.34. The Morgan fingerprint density at radius 3 is 2.33 bits per heavy atom. The number of aromatic nitrogens is 2. The van der Waals surface area contributed by atoms with Crippen LogP contribution < -0.4 is 0 Å². The first-order chi connectivity index (χ1) is 10.1. The van der Waals surface area contributed by atoms with Gasteiger partial charge in [0, 0.05) is 25.5 Å². The number of hydrogen-bond acceptors (Lipinski definition) is 2. The minimum absolute atomic E-state index is 0.467. The number of fused-ring (bicyclic) bond motifs is 1. The third-order valence-corrected chi connectivity index (χ3v) is 4.65. The monoisotopic (exact) mass is 284 g/mol. The highest BCUT2D eigenvalue weighted by molar-refractivity contribution is 5.35. The highest BCUT2D eigenvalue weighted by Gasteiger charge is 2.35. The van der Waals surface area contributed by atoms with Crippen LogP contribution in [0.5, 0.6) is 0 Å². The van der Waals surface area contributed by atoms with Crippen molar-refractivity contribution in [3.8, 4) is 0 Å². The first-order valence-corrected chi connectivity index (χ1v) is 7.97. The van der Waals surface area contributed by atoms with Crippen LogP contribution in [0.2, 0.25) is 0 Å². The van der Waals surface area contributed by atoms with Crippen molar-refractivity contribution in [2.75, 3.05) is 0 Å². The summed E-state index contributed by atoms with van der Waals surface area (Å²) >= 11 is 0. The molecule has 3 rings (SSSR count). The van der Waals surface area contributed by atoms with Gasteiger partial charge in [-0.05, 0) is 30.0 Å². The van der Waals surface area contributed by atoms with E-state index < -0.39 is 5.60 Å². The second-order valence-electron chi connectivity index (χ2n) is 6.28. The van der Waals surface area contributed by atoms with Crippen LogP contribution in [-0.2, 0) is 19.3 Å². The van der Waals surface area contributed by atoms with Gasteiger partial charge in [-0.1, -0.05) is 38.1 Å². The average molecular weight is 284 g/mol. The van der Waals surface area contributed by atoms with Crippen LogP contribution >= 0.6 is 0 Å². The molecule has 1 aliphatic rings. The van der Waals surface area contributed by atoms with Crippen LogP contribution in [0.15, 0.2) is 36.5 Å². The fraction of sp³-hybridized carbons (Fsp3) is 0.500. The van der Waals surface area contributed by atoms with Crippen LogP contribution in [0.4, 0.5) is 0 Å². The van der Waals surface area contributed by atoms with E-state index in [1.54, 1.807) is 0 Å². The zero-order chi connectivity index (χ0) is 14.9. The van der Waals surface area contributed by atoms with Crippen molar-refractivity contribution in [1.29, 1.82) is 0 Å². The summed E-state index contributed by atoms with van der Waals surface area (Å²) in [6.45, 7) is 4.38. The molecule has 0 spiro atoms. The fourth-order valence-corrected chi connectivity index (χ4v) is 3.47. The standard InChI is InChI=1S/C18H24N2O/c1-3-17(4-2)20-10-9-16(19-20)13-18(21)11-14-7-5-6-8-15(14)12-18/h5-10,17,21H,3-4,11-13H2,1-2H3. The third kappa shape index (κ3) is 2.88. The lowest BCUT2D eigenvalue weighted by Crippen LogP contribution is -2.32. The molecule has 0 fully saturated rings.